The number of nitrogens with zero attached hydrogens (tertiary/aromatic N) is 1. The second-order valence-corrected chi connectivity index (χ2v) is 6.06. The highest BCUT2D eigenvalue weighted by Crippen LogP contribution is 2.33. The molecule has 0 aliphatic carbocycles. The van der Waals surface area contributed by atoms with Crippen molar-refractivity contribution >= 4 is 22.9 Å². The van der Waals surface area contributed by atoms with E-state index in [2.05, 4.69) is 22.9 Å². The summed E-state index contributed by atoms with van der Waals surface area (Å²) in [6.07, 6.45) is 4.20. The molecule has 0 saturated carbocycles. The van der Waals surface area contributed by atoms with Crippen LogP contribution in [0.1, 0.15) is 23.8 Å². The van der Waals surface area contributed by atoms with Crippen molar-refractivity contribution in [3.63, 3.8) is 0 Å². The Morgan fingerprint density at radius 2 is 2.24 bits per heavy atom. The first-order chi connectivity index (χ1) is 8.31. The van der Waals surface area contributed by atoms with Crippen LogP contribution in [0, 0.1) is 0 Å². The maximum atomic E-state index is 6.04. The summed E-state index contributed by atoms with van der Waals surface area (Å²) in [6.45, 7) is 8.24. The van der Waals surface area contributed by atoms with Crippen LogP contribution < -0.4 is 5.32 Å². The van der Waals surface area contributed by atoms with Crippen molar-refractivity contribution < 1.29 is 0 Å². The van der Waals surface area contributed by atoms with Crippen LogP contribution in [0.3, 0.4) is 0 Å². The topological polar surface area (TPSA) is 15.3 Å². The minimum absolute atomic E-state index is 0.507. The zero-order chi connectivity index (χ0) is 12.1. The molecule has 0 spiro atoms. The zero-order valence-corrected chi connectivity index (χ0v) is 11.6. The predicted molar refractivity (Wildman–Crippen MR) is 75.9 cm³/mol. The normalized spacial score (nSPS) is 19.1. The minimum atomic E-state index is 0.507. The molecule has 4 heteroatoms. The van der Waals surface area contributed by atoms with Crippen molar-refractivity contribution in [1.82, 2.24) is 10.2 Å². The summed E-state index contributed by atoms with van der Waals surface area (Å²) < 4.78 is 0.888. The smallest absolute Gasteiger partial charge is 0.0931 e. The highest BCUT2D eigenvalue weighted by atomic mass is 35.5. The zero-order valence-electron chi connectivity index (χ0n) is 9.99. The molecular formula is C13H19ClN2S. The summed E-state index contributed by atoms with van der Waals surface area (Å²) in [4.78, 5) is 3.95. The fourth-order valence-electron chi connectivity index (χ4n) is 2.28. The van der Waals surface area contributed by atoms with Crippen LogP contribution in [0.5, 0.6) is 0 Å². The number of halogens is 1. The fourth-order valence-corrected chi connectivity index (χ4v) is 3.51. The van der Waals surface area contributed by atoms with Crippen LogP contribution in [0.2, 0.25) is 4.34 Å². The third kappa shape index (κ3) is 3.55. The Bertz CT molecular complexity index is 358. The Balaban J connectivity index is 2.08. The van der Waals surface area contributed by atoms with Gasteiger partial charge in [0.25, 0.3) is 0 Å². The van der Waals surface area contributed by atoms with Gasteiger partial charge in [0.2, 0.25) is 0 Å². The van der Waals surface area contributed by atoms with Crippen molar-refractivity contribution in [2.75, 3.05) is 26.2 Å². The number of hydrogen-bond donors (Lipinski definition) is 1. The van der Waals surface area contributed by atoms with Crippen LogP contribution in [-0.2, 0) is 0 Å². The van der Waals surface area contributed by atoms with Crippen LogP contribution in [0.25, 0.3) is 0 Å². The summed E-state index contributed by atoms with van der Waals surface area (Å²) in [7, 11) is 0. The first-order valence-electron chi connectivity index (χ1n) is 6.12. The lowest BCUT2D eigenvalue weighted by molar-refractivity contribution is 0.168. The average molecular weight is 271 g/mol. The lowest BCUT2D eigenvalue weighted by Crippen LogP contribution is -2.45. The minimum Gasteiger partial charge on any atom is -0.314 e. The Labute approximate surface area is 112 Å². The van der Waals surface area contributed by atoms with E-state index in [1.54, 1.807) is 11.3 Å². The standard InChI is InChI=1S/C13H19ClN2S/c1-2-3-4-11(12-5-6-13(14)17-12)16-9-7-15-8-10-16/h2,5-6,11,15H,1,3-4,7-10H2/t11-/m0/s1. The van der Waals surface area contributed by atoms with E-state index < -0.39 is 0 Å². The molecule has 2 heterocycles. The maximum absolute atomic E-state index is 6.04. The molecule has 0 aromatic carbocycles. The first-order valence-corrected chi connectivity index (χ1v) is 7.31. The van der Waals surface area contributed by atoms with Crippen LogP contribution in [0.4, 0.5) is 0 Å². The van der Waals surface area contributed by atoms with Gasteiger partial charge in [-0.05, 0) is 25.0 Å². The summed E-state index contributed by atoms with van der Waals surface area (Å²) in [5.74, 6) is 0. The van der Waals surface area contributed by atoms with E-state index in [0.717, 1.165) is 43.4 Å². The van der Waals surface area contributed by atoms with Crippen LogP contribution >= 0.6 is 22.9 Å². The van der Waals surface area contributed by atoms with Gasteiger partial charge in [-0.25, -0.2) is 0 Å². The number of thiophene rings is 1. The molecule has 1 saturated heterocycles. The lowest BCUT2D eigenvalue weighted by Gasteiger charge is -2.34. The van der Waals surface area contributed by atoms with E-state index in [1.165, 1.54) is 4.88 Å². The van der Waals surface area contributed by atoms with Gasteiger partial charge < -0.3 is 5.32 Å². The van der Waals surface area contributed by atoms with E-state index in [0.29, 0.717) is 6.04 Å². The van der Waals surface area contributed by atoms with Crippen molar-refractivity contribution in [3.8, 4) is 0 Å². The number of allylic oxidation sites excluding steroid dienone is 1. The molecule has 2 nitrogen and oxygen atoms in total. The molecule has 1 aliphatic heterocycles. The second-order valence-electron chi connectivity index (χ2n) is 4.31. The number of hydrogen-bond acceptors (Lipinski definition) is 3. The molecule has 1 aliphatic rings. The largest absolute Gasteiger partial charge is 0.314 e. The van der Waals surface area contributed by atoms with Crippen molar-refractivity contribution in [2.24, 2.45) is 0 Å². The van der Waals surface area contributed by atoms with Crippen molar-refractivity contribution in [1.29, 1.82) is 0 Å². The van der Waals surface area contributed by atoms with Gasteiger partial charge in [-0.3, -0.25) is 4.90 Å². The summed E-state index contributed by atoms with van der Waals surface area (Å²) in [5.41, 5.74) is 0. The molecule has 1 N–H and O–H groups in total. The van der Waals surface area contributed by atoms with Gasteiger partial charge in [0.05, 0.1) is 4.34 Å². The quantitative estimate of drug-likeness (QED) is 0.826. The van der Waals surface area contributed by atoms with Gasteiger partial charge in [-0.2, -0.15) is 0 Å². The molecule has 17 heavy (non-hydrogen) atoms. The van der Waals surface area contributed by atoms with Gasteiger partial charge in [0.1, 0.15) is 0 Å². The van der Waals surface area contributed by atoms with E-state index >= 15 is 0 Å². The van der Waals surface area contributed by atoms with Crippen molar-refractivity contribution in [2.45, 2.75) is 18.9 Å². The Morgan fingerprint density at radius 1 is 1.47 bits per heavy atom. The monoisotopic (exact) mass is 270 g/mol. The maximum Gasteiger partial charge on any atom is 0.0931 e. The van der Waals surface area contributed by atoms with Crippen LogP contribution in [0.15, 0.2) is 24.8 Å². The fraction of sp³-hybridized carbons (Fsp3) is 0.538. The molecule has 94 valence electrons. The molecule has 1 aromatic heterocycles. The van der Waals surface area contributed by atoms with E-state index in [-0.39, 0.29) is 0 Å². The van der Waals surface area contributed by atoms with Gasteiger partial charge in [0.15, 0.2) is 0 Å². The summed E-state index contributed by atoms with van der Waals surface area (Å²) in [6, 6.07) is 4.68. The Morgan fingerprint density at radius 3 is 2.82 bits per heavy atom. The van der Waals surface area contributed by atoms with E-state index in [9.17, 15) is 0 Å². The van der Waals surface area contributed by atoms with Gasteiger partial charge in [-0.1, -0.05) is 17.7 Å². The molecule has 1 fully saturated rings. The van der Waals surface area contributed by atoms with Gasteiger partial charge in [0, 0.05) is 37.1 Å². The van der Waals surface area contributed by atoms with Gasteiger partial charge >= 0.3 is 0 Å². The summed E-state index contributed by atoms with van der Waals surface area (Å²) in [5, 5.41) is 3.40. The SMILES string of the molecule is C=CCC[C@@H](c1ccc(Cl)s1)N1CCNCC1. The van der Waals surface area contributed by atoms with Gasteiger partial charge in [-0.15, -0.1) is 17.9 Å². The molecule has 1 aromatic rings. The molecular weight excluding hydrogens is 252 g/mol. The summed E-state index contributed by atoms with van der Waals surface area (Å²) >= 11 is 7.75. The lowest BCUT2D eigenvalue weighted by atomic mass is 10.1. The Kier molecular flexibility index (Phi) is 5.04. The van der Waals surface area contributed by atoms with E-state index in [1.807, 2.05) is 12.1 Å². The molecule has 0 unspecified atom stereocenters. The first kappa shape index (κ1) is 13.1. The van der Waals surface area contributed by atoms with Crippen LogP contribution in [-0.4, -0.2) is 31.1 Å². The molecule has 1 atom stereocenters. The second kappa shape index (κ2) is 6.55. The highest BCUT2D eigenvalue weighted by Gasteiger charge is 2.22. The number of rotatable bonds is 5. The number of piperazine rings is 1. The average Bonchev–Trinajstić information content (AvgIpc) is 2.78. The third-order valence-corrected chi connectivity index (χ3v) is 4.49. The molecule has 0 radical (unpaired) electrons. The van der Waals surface area contributed by atoms with E-state index in [4.69, 9.17) is 11.6 Å². The molecule has 2 rings (SSSR count). The molecule has 0 bridgehead atoms. The molecule has 0 amide bonds. The van der Waals surface area contributed by atoms with Crippen molar-refractivity contribution in [3.05, 3.63) is 34.0 Å². The highest BCUT2D eigenvalue weighted by molar-refractivity contribution is 7.16. The predicted octanol–water partition coefficient (Wildman–Crippen LogP) is 3.31. The Hall–Kier alpha value is -0.350. The number of nitrogens with one attached hydrogen (secondary N) is 1. The third-order valence-electron chi connectivity index (χ3n) is 3.16.